The first kappa shape index (κ1) is 19.3. The van der Waals surface area contributed by atoms with Crippen molar-refractivity contribution in [2.24, 2.45) is 5.73 Å². The van der Waals surface area contributed by atoms with Crippen molar-refractivity contribution in [2.45, 2.75) is 84.5 Å². The van der Waals surface area contributed by atoms with Crippen LogP contribution in [0, 0.1) is 0 Å². The van der Waals surface area contributed by atoms with Gasteiger partial charge in [0, 0.05) is 9.46 Å². The Balaban J connectivity index is -0.000000375. The summed E-state index contributed by atoms with van der Waals surface area (Å²) in [6, 6.07) is 0. The standard InChI is InChI=1S/C14H31NO.CH4.2H2/c15-13-11-9-7-5-3-1-2-4-6-8-10-12-14-16;;;/h16H,1-15H2;1H4;2*1H. The van der Waals surface area contributed by atoms with E-state index in [0.29, 0.717) is 6.61 Å². The molecule has 0 fully saturated rings. The topological polar surface area (TPSA) is 46.2 Å². The van der Waals surface area contributed by atoms with Crippen LogP contribution in [0.4, 0.5) is 0 Å². The van der Waals surface area contributed by atoms with Crippen LogP contribution >= 0.6 is 0 Å². The molecule has 0 amide bonds. The number of nitrogens with two attached hydrogens (primary N) is 1. The second-order valence-corrected chi connectivity index (χ2v) is 4.75. The van der Waals surface area contributed by atoms with Gasteiger partial charge in [0.15, 0.2) is 0 Å². The van der Waals surface area contributed by atoms with Crippen LogP contribution in [0.3, 0.4) is 0 Å². The third-order valence-corrected chi connectivity index (χ3v) is 3.11. The van der Waals surface area contributed by atoms with Gasteiger partial charge in [0.1, 0.15) is 0 Å². The summed E-state index contributed by atoms with van der Waals surface area (Å²) in [5, 5.41) is 8.62. The second-order valence-electron chi connectivity index (χ2n) is 4.75. The van der Waals surface area contributed by atoms with E-state index in [1.807, 2.05) is 0 Å². The number of hydrogen-bond acceptors (Lipinski definition) is 2. The summed E-state index contributed by atoms with van der Waals surface area (Å²) >= 11 is 0. The Labute approximate surface area is 112 Å². The normalized spacial score (nSPS) is 10.2. The minimum absolute atomic E-state index is 0. The Hall–Kier alpha value is -0.0800. The summed E-state index contributed by atoms with van der Waals surface area (Å²) in [4.78, 5) is 0. The molecule has 0 saturated carbocycles. The number of hydrogen-bond donors (Lipinski definition) is 2. The first-order chi connectivity index (χ1) is 7.91. The van der Waals surface area contributed by atoms with Crippen molar-refractivity contribution in [3.8, 4) is 0 Å². The molecule has 0 rings (SSSR count). The lowest BCUT2D eigenvalue weighted by molar-refractivity contribution is 0.282. The Bertz CT molecular complexity index is 113. The fourth-order valence-corrected chi connectivity index (χ4v) is 2.02. The molecule has 0 spiro atoms. The van der Waals surface area contributed by atoms with Crippen LogP contribution in [0.2, 0.25) is 0 Å². The van der Waals surface area contributed by atoms with Crippen molar-refractivity contribution in [2.75, 3.05) is 13.2 Å². The molecule has 0 aromatic rings. The quantitative estimate of drug-likeness (QED) is 0.463. The van der Waals surface area contributed by atoms with E-state index in [4.69, 9.17) is 10.8 Å². The number of aliphatic hydroxyl groups is 1. The zero-order valence-electron chi connectivity index (χ0n) is 10.9. The smallest absolute Gasteiger partial charge is 0.0431 e. The van der Waals surface area contributed by atoms with Gasteiger partial charge in [-0.2, -0.15) is 0 Å². The highest BCUT2D eigenvalue weighted by atomic mass is 16.2. The second kappa shape index (κ2) is 18.3. The average Bonchev–Trinajstić information content (AvgIpc) is 2.31. The predicted octanol–water partition coefficient (Wildman–Crippen LogP) is 4.75. The van der Waals surface area contributed by atoms with E-state index in [1.54, 1.807) is 0 Å². The molecule has 0 unspecified atom stereocenters. The maximum atomic E-state index is 8.62. The molecule has 0 radical (unpaired) electrons. The highest BCUT2D eigenvalue weighted by Crippen LogP contribution is 2.11. The maximum absolute atomic E-state index is 8.62. The van der Waals surface area contributed by atoms with Crippen molar-refractivity contribution in [3.05, 3.63) is 0 Å². The molecule has 3 N–H and O–H groups in total. The van der Waals surface area contributed by atoms with Gasteiger partial charge in [-0.15, -0.1) is 0 Å². The van der Waals surface area contributed by atoms with Gasteiger partial charge in [0.05, 0.1) is 0 Å². The molecule has 0 atom stereocenters. The zero-order valence-corrected chi connectivity index (χ0v) is 10.9. The summed E-state index contributed by atoms with van der Waals surface area (Å²) in [5.41, 5.74) is 5.44. The van der Waals surface area contributed by atoms with Gasteiger partial charge in [-0.25, -0.2) is 0 Å². The van der Waals surface area contributed by atoms with Gasteiger partial charge in [-0.1, -0.05) is 71.6 Å². The van der Waals surface area contributed by atoms with E-state index < -0.39 is 0 Å². The molecule has 0 bridgehead atoms. The van der Waals surface area contributed by atoms with Crippen molar-refractivity contribution in [1.82, 2.24) is 0 Å². The third-order valence-electron chi connectivity index (χ3n) is 3.11. The van der Waals surface area contributed by atoms with Gasteiger partial charge in [0.2, 0.25) is 0 Å². The minimum atomic E-state index is 0. The number of unbranched alkanes of at least 4 members (excludes halogenated alkanes) is 11. The molecular formula is C15H39NO. The highest BCUT2D eigenvalue weighted by Gasteiger charge is 1.92. The van der Waals surface area contributed by atoms with E-state index in [2.05, 4.69) is 0 Å². The lowest BCUT2D eigenvalue weighted by Gasteiger charge is -2.02. The van der Waals surface area contributed by atoms with E-state index >= 15 is 0 Å². The average molecular weight is 249 g/mol. The minimum Gasteiger partial charge on any atom is -0.396 e. The number of aliphatic hydroxyl groups excluding tert-OH is 1. The first-order valence-electron chi connectivity index (χ1n) is 7.22. The van der Waals surface area contributed by atoms with Crippen LogP contribution in [-0.4, -0.2) is 18.3 Å². The molecular weight excluding hydrogens is 210 g/mol. The maximum Gasteiger partial charge on any atom is 0.0431 e. The van der Waals surface area contributed by atoms with E-state index in [1.165, 1.54) is 70.6 Å². The predicted molar refractivity (Wildman–Crippen MR) is 82.5 cm³/mol. The molecule has 0 aromatic carbocycles. The van der Waals surface area contributed by atoms with Crippen LogP contribution in [-0.2, 0) is 0 Å². The molecule has 0 heterocycles. The highest BCUT2D eigenvalue weighted by molar-refractivity contribution is 4.48. The summed E-state index contributed by atoms with van der Waals surface area (Å²) in [5.74, 6) is 0. The van der Waals surface area contributed by atoms with Crippen LogP contribution < -0.4 is 5.73 Å². The van der Waals surface area contributed by atoms with Gasteiger partial charge in [-0.05, 0) is 19.4 Å². The largest absolute Gasteiger partial charge is 0.396 e. The summed E-state index contributed by atoms with van der Waals surface area (Å²) in [7, 11) is 0. The SMILES string of the molecule is C.NCCCCCCCCCCCCCCO.[HH].[HH]. The van der Waals surface area contributed by atoms with Crippen molar-refractivity contribution >= 4 is 0 Å². The molecule has 110 valence electrons. The summed E-state index contributed by atoms with van der Waals surface area (Å²) in [6.45, 7) is 1.22. The summed E-state index contributed by atoms with van der Waals surface area (Å²) in [6.07, 6.45) is 15.7. The molecule has 0 aliphatic heterocycles. The molecule has 2 nitrogen and oxygen atoms in total. The Morgan fingerprint density at radius 3 is 1.18 bits per heavy atom. The van der Waals surface area contributed by atoms with Crippen molar-refractivity contribution in [3.63, 3.8) is 0 Å². The van der Waals surface area contributed by atoms with E-state index in [9.17, 15) is 0 Å². The Kier molecular flexibility index (Phi) is 20.7. The fourth-order valence-electron chi connectivity index (χ4n) is 2.02. The van der Waals surface area contributed by atoms with Gasteiger partial charge in [0.25, 0.3) is 0 Å². The lowest BCUT2D eigenvalue weighted by atomic mass is 10.1. The van der Waals surface area contributed by atoms with Crippen molar-refractivity contribution < 1.29 is 7.96 Å². The Morgan fingerprint density at radius 2 is 0.882 bits per heavy atom. The van der Waals surface area contributed by atoms with Gasteiger partial charge >= 0.3 is 0 Å². The molecule has 17 heavy (non-hydrogen) atoms. The third kappa shape index (κ3) is 18.5. The van der Waals surface area contributed by atoms with Crippen LogP contribution in [0.5, 0.6) is 0 Å². The van der Waals surface area contributed by atoms with Gasteiger partial charge < -0.3 is 10.8 Å². The van der Waals surface area contributed by atoms with Crippen LogP contribution in [0.25, 0.3) is 0 Å². The van der Waals surface area contributed by atoms with Gasteiger partial charge in [-0.3, -0.25) is 0 Å². The molecule has 0 aliphatic carbocycles. The number of rotatable bonds is 13. The molecule has 0 saturated heterocycles. The van der Waals surface area contributed by atoms with Crippen LogP contribution in [0.15, 0.2) is 0 Å². The molecule has 0 aliphatic rings. The van der Waals surface area contributed by atoms with Crippen LogP contribution in [0.1, 0.15) is 87.3 Å². The van der Waals surface area contributed by atoms with Crippen molar-refractivity contribution in [1.29, 1.82) is 0 Å². The van der Waals surface area contributed by atoms with E-state index in [-0.39, 0.29) is 10.3 Å². The van der Waals surface area contributed by atoms with E-state index in [0.717, 1.165) is 13.0 Å². The monoisotopic (exact) mass is 249 g/mol. The Morgan fingerprint density at radius 1 is 0.588 bits per heavy atom. The lowest BCUT2D eigenvalue weighted by Crippen LogP contribution is -1.97. The molecule has 0 aromatic heterocycles. The fraction of sp³-hybridized carbons (Fsp3) is 1.00. The molecule has 2 heteroatoms. The zero-order chi connectivity index (χ0) is 11.9. The first-order valence-corrected chi connectivity index (χ1v) is 7.22. The summed E-state index contributed by atoms with van der Waals surface area (Å²) < 4.78 is 0.